The van der Waals surface area contributed by atoms with E-state index in [0.717, 1.165) is 35.0 Å². The number of rotatable bonds is 4. The lowest BCUT2D eigenvalue weighted by molar-refractivity contribution is 0.359. The molecule has 5 nitrogen and oxygen atoms in total. The molecule has 1 atom stereocenters. The first-order valence-corrected chi connectivity index (χ1v) is 10.9. The predicted molar refractivity (Wildman–Crippen MR) is 113 cm³/mol. The highest BCUT2D eigenvalue weighted by Gasteiger charge is 2.38. The normalized spacial score (nSPS) is 17.1. The van der Waals surface area contributed by atoms with Crippen molar-refractivity contribution in [1.82, 2.24) is 9.88 Å². The summed E-state index contributed by atoms with van der Waals surface area (Å²) in [6.45, 7) is 2.52. The Labute approximate surface area is 166 Å². The molecule has 3 aromatic rings. The van der Waals surface area contributed by atoms with E-state index in [2.05, 4.69) is 9.88 Å². The second-order valence-corrected chi connectivity index (χ2v) is 9.42. The summed E-state index contributed by atoms with van der Waals surface area (Å²) in [6, 6.07) is 15.2. The number of aryl methyl sites for hydroxylation is 2. The van der Waals surface area contributed by atoms with Crippen LogP contribution in [0.25, 0.3) is 10.9 Å². The van der Waals surface area contributed by atoms with Crippen LogP contribution >= 0.6 is 0 Å². The number of benzene rings is 2. The summed E-state index contributed by atoms with van der Waals surface area (Å²) in [5, 5.41) is 0.834. The van der Waals surface area contributed by atoms with Crippen LogP contribution in [0.3, 0.4) is 0 Å². The van der Waals surface area contributed by atoms with E-state index in [1.165, 1.54) is 0 Å². The minimum Gasteiger partial charge on any atom is -0.307 e. The van der Waals surface area contributed by atoms with Gasteiger partial charge in [-0.2, -0.15) is 0 Å². The van der Waals surface area contributed by atoms with Crippen molar-refractivity contribution >= 4 is 26.6 Å². The highest BCUT2D eigenvalue weighted by Crippen LogP contribution is 2.38. The maximum absolute atomic E-state index is 14.0. The van der Waals surface area contributed by atoms with Crippen molar-refractivity contribution in [3.63, 3.8) is 0 Å². The van der Waals surface area contributed by atoms with Gasteiger partial charge in [0.25, 0.3) is 10.0 Å². The zero-order valence-corrected chi connectivity index (χ0v) is 17.3. The van der Waals surface area contributed by atoms with E-state index in [1.54, 1.807) is 10.5 Å². The molecule has 2 heterocycles. The molecule has 0 N–H and O–H groups in total. The van der Waals surface area contributed by atoms with E-state index in [4.69, 9.17) is 0 Å². The first-order chi connectivity index (χ1) is 13.4. The molecular weight excluding hydrogens is 370 g/mol. The molecule has 0 radical (unpaired) electrons. The van der Waals surface area contributed by atoms with E-state index in [1.807, 2.05) is 69.6 Å². The van der Waals surface area contributed by atoms with Crippen LogP contribution in [0.4, 0.5) is 5.69 Å². The number of likely N-dealkylation sites (N-methyl/N-ethyl adjacent to an activating group) is 1. The summed E-state index contributed by atoms with van der Waals surface area (Å²) in [6.07, 6.45) is 3.33. The van der Waals surface area contributed by atoms with E-state index in [0.29, 0.717) is 17.0 Å². The Bertz CT molecular complexity index is 1130. The fourth-order valence-corrected chi connectivity index (χ4v) is 6.22. The molecule has 0 bridgehead atoms. The number of para-hydroxylation sites is 1. The lowest BCUT2D eigenvalue weighted by Gasteiger charge is -2.39. The lowest BCUT2D eigenvalue weighted by Crippen LogP contribution is -2.48. The van der Waals surface area contributed by atoms with Gasteiger partial charge in [-0.15, -0.1) is 0 Å². The molecule has 4 rings (SSSR count). The van der Waals surface area contributed by atoms with Crippen LogP contribution in [0.15, 0.2) is 59.6 Å². The first kappa shape index (κ1) is 18.9. The van der Waals surface area contributed by atoms with Crippen molar-refractivity contribution in [2.45, 2.75) is 30.7 Å². The monoisotopic (exact) mass is 395 g/mol. The minimum absolute atomic E-state index is 0.117. The molecule has 1 aliphatic heterocycles. The average molecular weight is 396 g/mol. The van der Waals surface area contributed by atoms with Gasteiger partial charge in [-0.1, -0.05) is 36.4 Å². The third-order valence-electron chi connectivity index (χ3n) is 5.33. The zero-order valence-electron chi connectivity index (χ0n) is 16.5. The molecule has 1 aromatic heterocycles. The summed E-state index contributed by atoms with van der Waals surface area (Å²) in [5.74, 6) is 0. The van der Waals surface area contributed by atoms with Gasteiger partial charge >= 0.3 is 0 Å². The van der Waals surface area contributed by atoms with Gasteiger partial charge in [-0.3, -0.25) is 9.29 Å². The van der Waals surface area contributed by atoms with Crippen molar-refractivity contribution in [1.29, 1.82) is 0 Å². The standard InChI is InChI=1S/C22H25N3O2S/c1-16-10-11-18-8-6-14-23-21(18)22(16)28(26,27)25-19(15-24(2)3)13-12-17-7-4-5-9-20(17)25/h4-11,14,19H,12-13,15H2,1-3H3. The lowest BCUT2D eigenvalue weighted by atomic mass is 9.98. The SMILES string of the molecule is Cc1ccc2cccnc2c1S(=O)(=O)N1c2ccccc2CCC1CN(C)C. The minimum atomic E-state index is -3.78. The quantitative estimate of drug-likeness (QED) is 0.677. The molecule has 0 fully saturated rings. The number of sulfonamides is 1. The van der Waals surface area contributed by atoms with Gasteiger partial charge in [0.2, 0.25) is 0 Å². The van der Waals surface area contributed by atoms with Crippen LogP contribution in [0, 0.1) is 6.92 Å². The second kappa shape index (κ2) is 7.18. The van der Waals surface area contributed by atoms with Crippen molar-refractivity contribution < 1.29 is 8.42 Å². The molecule has 1 unspecified atom stereocenters. The van der Waals surface area contributed by atoms with Gasteiger partial charge < -0.3 is 4.90 Å². The molecule has 0 aliphatic carbocycles. The summed E-state index contributed by atoms with van der Waals surface area (Å²) in [7, 11) is 0.181. The van der Waals surface area contributed by atoms with Gasteiger partial charge in [0.05, 0.1) is 17.2 Å². The van der Waals surface area contributed by atoms with Gasteiger partial charge in [0.1, 0.15) is 4.90 Å². The van der Waals surface area contributed by atoms with E-state index in [-0.39, 0.29) is 6.04 Å². The zero-order chi connectivity index (χ0) is 19.9. The molecule has 0 saturated carbocycles. The highest BCUT2D eigenvalue weighted by atomic mass is 32.2. The van der Waals surface area contributed by atoms with Crippen molar-refractivity contribution in [3.05, 3.63) is 65.9 Å². The summed E-state index contributed by atoms with van der Waals surface area (Å²) in [5.41, 5.74) is 3.12. The third-order valence-corrected chi connectivity index (χ3v) is 7.37. The Morgan fingerprint density at radius 2 is 1.89 bits per heavy atom. The van der Waals surface area contributed by atoms with E-state index in [9.17, 15) is 8.42 Å². The molecule has 146 valence electrons. The molecule has 2 aromatic carbocycles. The van der Waals surface area contributed by atoms with Crippen LogP contribution in [0.5, 0.6) is 0 Å². The van der Waals surface area contributed by atoms with Crippen LogP contribution in [-0.2, 0) is 16.4 Å². The fraction of sp³-hybridized carbons (Fsp3) is 0.318. The fourth-order valence-electron chi connectivity index (χ4n) is 4.13. The van der Waals surface area contributed by atoms with Gasteiger partial charge in [0.15, 0.2) is 0 Å². The maximum Gasteiger partial charge on any atom is 0.267 e. The summed E-state index contributed by atoms with van der Waals surface area (Å²) < 4.78 is 29.7. The predicted octanol–water partition coefficient (Wildman–Crippen LogP) is 3.61. The van der Waals surface area contributed by atoms with Crippen LogP contribution in [0.1, 0.15) is 17.5 Å². The summed E-state index contributed by atoms with van der Waals surface area (Å²) >= 11 is 0. The van der Waals surface area contributed by atoms with Crippen molar-refractivity contribution in [2.75, 3.05) is 24.9 Å². The number of nitrogens with zero attached hydrogens (tertiary/aromatic N) is 3. The Hall–Kier alpha value is -2.44. The Morgan fingerprint density at radius 1 is 1.11 bits per heavy atom. The van der Waals surface area contributed by atoms with Gasteiger partial charge in [-0.25, -0.2) is 8.42 Å². The third kappa shape index (κ3) is 3.16. The first-order valence-electron chi connectivity index (χ1n) is 9.51. The molecule has 0 amide bonds. The Morgan fingerprint density at radius 3 is 2.68 bits per heavy atom. The molecule has 1 aliphatic rings. The van der Waals surface area contributed by atoms with Gasteiger partial charge in [0, 0.05) is 18.1 Å². The van der Waals surface area contributed by atoms with Crippen molar-refractivity contribution in [2.24, 2.45) is 0 Å². The smallest absolute Gasteiger partial charge is 0.267 e. The number of hydrogen-bond acceptors (Lipinski definition) is 4. The topological polar surface area (TPSA) is 53.5 Å². The number of anilines is 1. The van der Waals surface area contributed by atoms with Crippen molar-refractivity contribution in [3.8, 4) is 0 Å². The molecular formula is C22H25N3O2S. The molecule has 28 heavy (non-hydrogen) atoms. The Kier molecular flexibility index (Phi) is 4.85. The van der Waals surface area contributed by atoms with Crippen LogP contribution < -0.4 is 4.31 Å². The van der Waals surface area contributed by atoms with Gasteiger partial charge in [-0.05, 0) is 57.1 Å². The highest BCUT2D eigenvalue weighted by molar-refractivity contribution is 7.93. The summed E-state index contributed by atoms with van der Waals surface area (Å²) in [4.78, 5) is 6.79. The maximum atomic E-state index is 14.0. The number of fused-ring (bicyclic) bond motifs is 2. The Balaban J connectivity index is 1.96. The number of aromatic nitrogens is 1. The van der Waals surface area contributed by atoms with E-state index < -0.39 is 10.0 Å². The molecule has 6 heteroatoms. The largest absolute Gasteiger partial charge is 0.307 e. The van der Waals surface area contributed by atoms with Crippen LogP contribution in [-0.4, -0.2) is 45.0 Å². The van der Waals surface area contributed by atoms with Crippen LogP contribution in [0.2, 0.25) is 0 Å². The average Bonchev–Trinajstić information content (AvgIpc) is 2.66. The number of pyridine rings is 1. The second-order valence-electron chi connectivity index (χ2n) is 7.67. The number of hydrogen-bond donors (Lipinski definition) is 0. The molecule has 0 spiro atoms. The molecule has 0 saturated heterocycles. The van der Waals surface area contributed by atoms with E-state index >= 15 is 0 Å².